The second kappa shape index (κ2) is 4.46. The van der Waals surface area contributed by atoms with Gasteiger partial charge in [0, 0.05) is 21.4 Å². The van der Waals surface area contributed by atoms with E-state index in [1.54, 1.807) is 0 Å². The molecule has 1 heterocycles. The summed E-state index contributed by atoms with van der Waals surface area (Å²) in [6.45, 7) is 0. The van der Waals surface area contributed by atoms with Crippen molar-refractivity contribution in [1.29, 1.82) is 0 Å². The van der Waals surface area contributed by atoms with Crippen LogP contribution in [0.3, 0.4) is 0 Å². The Bertz CT molecular complexity index is 598. The third-order valence-corrected chi connectivity index (χ3v) is 3.42. The maximum absolute atomic E-state index is 12.0. The lowest BCUT2D eigenvalue weighted by Crippen LogP contribution is -2.19. The van der Waals surface area contributed by atoms with Crippen LogP contribution in [0, 0.1) is 0 Å². The standard InChI is InChI=1S/C14H11BrN2O/c15-9-6-7-11-12(8-9)17-14(18)13(11)16-10-4-2-1-3-5-10/h1-8,13,16H,(H,17,18). The van der Waals surface area contributed by atoms with E-state index < -0.39 is 0 Å². The summed E-state index contributed by atoms with van der Waals surface area (Å²) < 4.78 is 0.960. The van der Waals surface area contributed by atoms with Gasteiger partial charge in [-0.2, -0.15) is 0 Å². The number of benzene rings is 2. The highest BCUT2D eigenvalue weighted by atomic mass is 79.9. The van der Waals surface area contributed by atoms with Gasteiger partial charge in [0.2, 0.25) is 0 Å². The van der Waals surface area contributed by atoms with Gasteiger partial charge < -0.3 is 10.6 Å². The zero-order valence-corrected chi connectivity index (χ0v) is 11.1. The highest BCUT2D eigenvalue weighted by molar-refractivity contribution is 9.10. The van der Waals surface area contributed by atoms with Crippen molar-refractivity contribution in [2.24, 2.45) is 0 Å². The molecule has 1 aliphatic rings. The molecule has 1 unspecified atom stereocenters. The molecule has 90 valence electrons. The number of para-hydroxylation sites is 1. The third kappa shape index (κ3) is 1.99. The predicted molar refractivity (Wildman–Crippen MR) is 75.6 cm³/mol. The Morgan fingerprint density at radius 2 is 1.89 bits per heavy atom. The van der Waals surface area contributed by atoms with Gasteiger partial charge in [0.25, 0.3) is 5.91 Å². The number of rotatable bonds is 2. The van der Waals surface area contributed by atoms with Gasteiger partial charge in [-0.3, -0.25) is 4.79 Å². The van der Waals surface area contributed by atoms with Crippen LogP contribution in [0.25, 0.3) is 0 Å². The summed E-state index contributed by atoms with van der Waals surface area (Å²) in [6, 6.07) is 15.2. The Kier molecular flexibility index (Phi) is 2.80. The van der Waals surface area contributed by atoms with Crippen LogP contribution >= 0.6 is 15.9 Å². The van der Waals surface area contributed by atoms with Crippen molar-refractivity contribution in [1.82, 2.24) is 0 Å². The molecule has 3 rings (SSSR count). The molecule has 0 spiro atoms. The van der Waals surface area contributed by atoms with Crippen LogP contribution in [0.2, 0.25) is 0 Å². The van der Waals surface area contributed by atoms with Crippen molar-refractivity contribution in [3.8, 4) is 0 Å². The monoisotopic (exact) mass is 302 g/mol. The molecule has 0 radical (unpaired) electrons. The summed E-state index contributed by atoms with van der Waals surface area (Å²) in [5.74, 6) is -0.0213. The number of fused-ring (bicyclic) bond motifs is 1. The summed E-state index contributed by atoms with van der Waals surface area (Å²) in [6.07, 6.45) is 0. The van der Waals surface area contributed by atoms with Crippen LogP contribution in [0.4, 0.5) is 11.4 Å². The first-order chi connectivity index (χ1) is 8.74. The van der Waals surface area contributed by atoms with Crippen molar-refractivity contribution in [3.05, 3.63) is 58.6 Å². The Balaban J connectivity index is 1.93. The molecule has 2 N–H and O–H groups in total. The zero-order valence-electron chi connectivity index (χ0n) is 9.48. The van der Waals surface area contributed by atoms with Crippen LogP contribution in [-0.4, -0.2) is 5.91 Å². The number of anilines is 2. The van der Waals surface area contributed by atoms with Crippen molar-refractivity contribution < 1.29 is 4.79 Å². The van der Waals surface area contributed by atoms with E-state index >= 15 is 0 Å². The molecule has 1 atom stereocenters. The van der Waals surface area contributed by atoms with E-state index in [2.05, 4.69) is 26.6 Å². The molecule has 2 aromatic rings. The maximum Gasteiger partial charge on any atom is 0.251 e. The molecule has 0 saturated heterocycles. The largest absolute Gasteiger partial charge is 0.370 e. The fourth-order valence-corrected chi connectivity index (χ4v) is 2.44. The molecule has 2 aromatic carbocycles. The quantitative estimate of drug-likeness (QED) is 0.890. The number of carbonyl (C=O) groups is 1. The summed E-state index contributed by atoms with van der Waals surface area (Å²) in [4.78, 5) is 12.0. The van der Waals surface area contributed by atoms with E-state index in [9.17, 15) is 4.79 Å². The molecule has 4 heteroatoms. The lowest BCUT2D eigenvalue weighted by atomic mass is 10.1. The van der Waals surface area contributed by atoms with Gasteiger partial charge in [-0.15, -0.1) is 0 Å². The van der Waals surface area contributed by atoms with E-state index in [1.807, 2.05) is 48.5 Å². The smallest absolute Gasteiger partial charge is 0.251 e. The molecule has 0 aromatic heterocycles. The molecular weight excluding hydrogens is 292 g/mol. The van der Waals surface area contributed by atoms with E-state index in [0.717, 1.165) is 21.4 Å². The highest BCUT2D eigenvalue weighted by Crippen LogP contribution is 2.34. The number of nitrogens with one attached hydrogen (secondary N) is 2. The fraction of sp³-hybridized carbons (Fsp3) is 0.0714. The van der Waals surface area contributed by atoms with Gasteiger partial charge in [0.05, 0.1) is 0 Å². The highest BCUT2D eigenvalue weighted by Gasteiger charge is 2.30. The van der Waals surface area contributed by atoms with Crippen molar-refractivity contribution in [2.75, 3.05) is 10.6 Å². The zero-order chi connectivity index (χ0) is 12.5. The first-order valence-corrected chi connectivity index (χ1v) is 6.45. The van der Waals surface area contributed by atoms with Crippen LogP contribution < -0.4 is 10.6 Å². The average Bonchev–Trinajstić information content (AvgIpc) is 2.66. The summed E-state index contributed by atoms with van der Waals surface area (Å²) in [5, 5.41) is 6.12. The normalized spacial score (nSPS) is 17.2. The third-order valence-electron chi connectivity index (χ3n) is 2.93. The molecule has 0 bridgehead atoms. The van der Waals surface area contributed by atoms with E-state index in [4.69, 9.17) is 0 Å². The molecule has 1 amide bonds. The summed E-state index contributed by atoms with van der Waals surface area (Å²) in [7, 11) is 0. The number of hydrogen-bond acceptors (Lipinski definition) is 2. The Hall–Kier alpha value is -1.81. The predicted octanol–water partition coefficient (Wildman–Crippen LogP) is 3.55. The van der Waals surface area contributed by atoms with Gasteiger partial charge in [-0.25, -0.2) is 0 Å². The van der Waals surface area contributed by atoms with Crippen LogP contribution in [0.5, 0.6) is 0 Å². The summed E-state index contributed by atoms with van der Waals surface area (Å²) >= 11 is 3.40. The minimum atomic E-state index is -0.324. The molecular formula is C14H11BrN2O. The van der Waals surface area contributed by atoms with Crippen molar-refractivity contribution in [2.45, 2.75) is 6.04 Å². The second-order valence-corrected chi connectivity index (χ2v) is 5.08. The van der Waals surface area contributed by atoms with Crippen LogP contribution in [-0.2, 0) is 4.79 Å². The van der Waals surface area contributed by atoms with Gasteiger partial charge >= 0.3 is 0 Å². The minimum absolute atomic E-state index is 0.0213. The van der Waals surface area contributed by atoms with E-state index in [-0.39, 0.29) is 11.9 Å². The Morgan fingerprint density at radius 3 is 2.67 bits per heavy atom. The van der Waals surface area contributed by atoms with Gasteiger partial charge in [-0.1, -0.05) is 40.2 Å². The van der Waals surface area contributed by atoms with Crippen LogP contribution in [0.1, 0.15) is 11.6 Å². The topological polar surface area (TPSA) is 41.1 Å². The lowest BCUT2D eigenvalue weighted by molar-refractivity contribution is -0.116. The van der Waals surface area contributed by atoms with Crippen LogP contribution in [0.15, 0.2) is 53.0 Å². The molecule has 1 aliphatic heterocycles. The van der Waals surface area contributed by atoms with Crippen molar-refractivity contribution >= 4 is 33.2 Å². The number of amides is 1. The molecule has 0 saturated carbocycles. The van der Waals surface area contributed by atoms with E-state index in [0.29, 0.717) is 0 Å². The number of hydrogen-bond donors (Lipinski definition) is 2. The number of halogens is 1. The lowest BCUT2D eigenvalue weighted by Gasteiger charge is -2.12. The fourth-order valence-electron chi connectivity index (χ4n) is 2.08. The second-order valence-electron chi connectivity index (χ2n) is 4.16. The maximum atomic E-state index is 12.0. The Morgan fingerprint density at radius 1 is 1.11 bits per heavy atom. The molecule has 18 heavy (non-hydrogen) atoms. The first-order valence-electron chi connectivity index (χ1n) is 5.66. The average molecular weight is 303 g/mol. The summed E-state index contributed by atoms with van der Waals surface area (Å²) in [5.41, 5.74) is 2.78. The molecule has 0 fully saturated rings. The molecule has 3 nitrogen and oxygen atoms in total. The Labute approximate surface area is 113 Å². The van der Waals surface area contributed by atoms with Crippen molar-refractivity contribution in [3.63, 3.8) is 0 Å². The van der Waals surface area contributed by atoms with Gasteiger partial charge in [0.1, 0.15) is 6.04 Å². The number of carbonyl (C=O) groups excluding carboxylic acids is 1. The van der Waals surface area contributed by atoms with Gasteiger partial charge in [-0.05, 0) is 24.3 Å². The SMILES string of the molecule is O=C1Nc2cc(Br)ccc2C1Nc1ccccc1. The minimum Gasteiger partial charge on any atom is -0.370 e. The van der Waals surface area contributed by atoms with Gasteiger partial charge in [0.15, 0.2) is 0 Å². The first kappa shape index (κ1) is 11.3. The molecule has 0 aliphatic carbocycles. The van der Waals surface area contributed by atoms with E-state index in [1.165, 1.54) is 0 Å².